The van der Waals surface area contributed by atoms with E-state index in [4.69, 9.17) is 4.74 Å². The lowest BCUT2D eigenvalue weighted by atomic mass is 10.1. The summed E-state index contributed by atoms with van der Waals surface area (Å²) in [7, 11) is -1.51. The van der Waals surface area contributed by atoms with Crippen LogP contribution in [0.3, 0.4) is 0 Å². The lowest BCUT2D eigenvalue weighted by Gasteiger charge is -2.28. The summed E-state index contributed by atoms with van der Waals surface area (Å²) in [5.74, 6) is 0.692. The second-order valence-electron chi connectivity index (χ2n) is 6.89. The Kier molecular flexibility index (Phi) is 5.85. The minimum absolute atomic E-state index is 0.0297. The maximum atomic E-state index is 13.2. The van der Waals surface area contributed by atoms with Gasteiger partial charge in [-0.3, -0.25) is 4.79 Å². The molecule has 2 aromatic rings. The van der Waals surface area contributed by atoms with Gasteiger partial charge in [0.1, 0.15) is 5.75 Å². The van der Waals surface area contributed by atoms with Gasteiger partial charge in [0.05, 0.1) is 18.6 Å². The Hall–Kier alpha value is -2.34. The second kappa shape index (κ2) is 8.13. The lowest BCUT2D eigenvalue weighted by molar-refractivity contribution is 0.0681. The van der Waals surface area contributed by atoms with Crippen molar-refractivity contribution < 1.29 is 17.9 Å². The van der Waals surface area contributed by atoms with Crippen molar-refractivity contribution in [3.63, 3.8) is 0 Å². The molecular formula is C21H25NO4S. The number of rotatable bonds is 6. The Morgan fingerprint density at radius 3 is 2.22 bits per heavy atom. The van der Waals surface area contributed by atoms with Crippen molar-refractivity contribution in [3.8, 4) is 5.75 Å². The Morgan fingerprint density at radius 2 is 1.70 bits per heavy atom. The van der Waals surface area contributed by atoms with Gasteiger partial charge in [0.15, 0.2) is 9.84 Å². The molecule has 27 heavy (non-hydrogen) atoms. The van der Waals surface area contributed by atoms with E-state index in [-0.39, 0.29) is 23.5 Å². The first kappa shape index (κ1) is 19.4. The smallest absolute Gasteiger partial charge is 0.254 e. The van der Waals surface area contributed by atoms with E-state index in [1.165, 1.54) is 5.56 Å². The minimum Gasteiger partial charge on any atom is -0.497 e. The second-order valence-corrected chi connectivity index (χ2v) is 9.12. The van der Waals surface area contributed by atoms with Crippen molar-refractivity contribution in [1.82, 2.24) is 4.90 Å². The predicted molar refractivity (Wildman–Crippen MR) is 106 cm³/mol. The fourth-order valence-corrected chi connectivity index (χ4v) is 5.10. The summed E-state index contributed by atoms with van der Waals surface area (Å²) in [6.07, 6.45) is 1.44. The average molecular weight is 388 g/mol. The zero-order valence-electron chi connectivity index (χ0n) is 15.7. The Balaban J connectivity index is 1.87. The first-order valence-corrected chi connectivity index (χ1v) is 11.0. The van der Waals surface area contributed by atoms with E-state index in [0.717, 1.165) is 12.0 Å². The normalized spacial score (nSPS) is 18.2. The van der Waals surface area contributed by atoms with Crippen molar-refractivity contribution in [2.24, 2.45) is 0 Å². The van der Waals surface area contributed by atoms with E-state index < -0.39 is 9.84 Å². The summed E-state index contributed by atoms with van der Waals surface area (Å²) in [6, 6.07) is 14.8. The molecule has 0 aromatic heterocycles. The number of methoxy groups -OCH3 is 1. The molecule has 0 unspecified atom stereocenters. The Labute approximate surface area is 160 Å². The van der Waals surface area contributed by atoms with Crippen LogP contribution in [0.1, 0.15) is 34.8 Å². The maximum Gasteiger partial charge on any atom is 0.254 e. The fraction of sp³-hybridized carbons (Fsp3) is 0.381. The molecule has 1 fully saturated rings. The highest BCUT2D eigenvalue weighted by Crippen LogP contribution is 2.23. The number of amides is 1. The average Bonchev–Trinajstić information content (AvgIpc) is 3.05. The number of hydrogen-bond donors (Lipinski definition) is 0. The van der Waals surface area contributed by atoms with Crippen LogP contribution in [-0.2, 0) is 22.8 Å². The SMILES string of the molecule is CCc1ccc(CN(C(=O)c2ccc(OC)cc2)[C@@H]2CCS(=O)(=O)C2)cc1. The summed E-state index contributed by atoms with van der Waals surface area (Å²) >= 11 is 0. The molecule has 0 saturated carbocycles. The quantitative estimate of drug-likeness (QED) is 0.764. The van der Waals surface area contributed by atoms with E-state index in [0.29, 0.717) is 24.3 Å². The molecule has 0 N–H and O–H groups in total. The fourth-order valence-electron chi connectivity index (χ4n) is 3.36. The topological polar surface area (TPSA) is 63.7 Å². The molecule has 144 valence electrons. The molecule has 3 rings (SSSR count). The zero-order valence-corrected chi connectivity index (χ0v) is 16.5. The van der Waals surface area contributed by atoms with Crippen molar-refractivity contribution in [2.75, 3.05) is 18.6 Å². The number of carbonyl (C=O) groups is 1. The highest BCUT2D eigenvalue weighted by Gasteiger charge is 2.35. The van der Waals surface area contributed by atoms with Gasteiger partial charge in [-0.25, -0.2) is 8.42 Å². The van der Waals surface area contributed by atoms with E-state index >= 15 is 0 Å². The molecule has 1 saturated heterocycles. The zero-order chi connectivity index (χ0) is 19.4. The molecule has 0 bridgehead atoms. The van der Waals surface area contributed by atoms with Gasteiger partial charge in [-0.1, -0.05) is 31.2 Å². The van der Waals surface area contributed by atoms with Crippen molar-refractivity contribution in [1.29, 1.82) is 0 Å². The van der Waals surface area contributed by atoms with Crippen LogP contribution in [0.25, 0.3) is 0 Å². The molecule has 1 heterocycles. The largest absolute Gasteiger partial charge is 0.497 e. The van der Waals surface area contributed by atoms with Crippen molar-refractivity contribution >= 4 is 15.7 Å². The van der Waals surface area contributed by atoms with Crippen molar-refractivity contribution in [2.45, 2.75) is 32.4 Å². The van der Waals surface area contributed by atoms with E-state index in [9.17, 15) is 13.2 Å². The highest BCUT2D eigenvalue weighted by molar-refractivity contribution is 7.91. The molecule has 1 atom stereocenters. The number of sulfone groups is 1. The molecule has 0 radical (unpaired) electrons. The first-order valence-electron chi connectivity index (χ1n) is 9.15. The number of ether oxygens (including phenoxy) is 1. The highest BCUT2D eigenvalue weighted by atomic mass is 32.2. The van der Waals surface area contributed by atoms with Gasteiger partial charge in [0, 0.05) is 18.2 Å². The molecule has 1 aliphatic rings. The molecule has 6 heteroatoms. The van der Waals surface area contributed by atoms with Crippen LogP contribution in [0.2, 0.25) is 0 Å². The number of carbonyl (C=O) groups excluding carboxylic acids is 1. The molecule has 2 aromatic carbocycles. The Morgan fingerprint density at radius 1 is 1.07 bits per heavy atom. The first-order chi connectivity index (χ1) is 12.9. The van der Waals surface area contributed by atoms with Crippen LogP contribution in [-0.4, -0.2) is 43.9 Å². The van der Waals surface area contributed by atoms with Gasteiger partial charge in [-0.2, -0.15) is 0 Å². The Bertz CT molecular complexity index is 889. The van der Waals surface area contributed by atoms with Gasteiger partial charge in [0.25, 0.3) is 5.91 Å². The summed E-state index contributed by atoms with van der Waals surface area (Å²) in [5.41, 5.74) is 2.76. The summed E-state index contributed by atoms with van der Waals surface area (Å²) < 4.78 is 29.1. The van der Waals surface area contributed by atoms with Gasteiger partial charge in [-0.05, 0) is 48.2 Å². The van der Waals surface area contributed by atoms with Gasteiger partial charge < -0.3 is 9.64 Å². The van der Waals surface area contributed by atoms with Crippen LogP contribution in [0.15, 0.2) is 48.5 Å². The number of nitrogens with zero attached hydrogens (tertiary/aromatic N) is 1. The maximum absolute atomic E-state index is 13.2. The number of aryl methyl sites for hydroxylation is 1. The molecule has 5 nitrogen and oxygen atoms in total. The van der Waals surface area contributed by atoms with Crippen LogP contribution < -0.4 is 4.74 Å². The molecule has 0 aliphatic carbocycles. The van der Waals surface area contributed by atoms with E-state index in [1.54, 1.807) is 36.3 Å². The summed E-state index contributed by atoms with van der Waals surface area (Å²) in [6.45, 7) is 2.49. The minimum atomic E-state index is -3.08. The number of benzene rings is 2. The van der Waals surface area contributed by atoms with Crippen LogP contribution >= 0.6 is 0 Å². The van der Waals surface area contributed by atoms with Crippen LogP contribution in [0, 0.1) is 0 Å². The van der Waals surface area contributed by atoms with Gasteiger partial charge in [-0.15, -0.1) is 0 Å². The molecule has 1 aliphatic heterocycles. The summed E-state index contributed by atoms with van der Waals surface area (Å²) in [5, 5.41) is 0. The lowest BCUT2D eigenvalue weighted by Crippen LogP contribution is -2.40. The van der Waals surface area contributed by atoms with Gasteiger partial charge in [0.2, 0.25) is 0 Å². The molecular weight excluding hydrogens is 362 g/mol. The van der Waals surface area contributed by atoms with Gasteiger partial charge >= 0.3 is 0 Å². The monoisotopic (exact) mass is 387 g/mol. The van der Waals surface area contributed by atoms with Crippen LogP contribution in [0.5, 0.6) is 5.75 Å². The van der Waals surface area contributed by atoms with Crippen LogP contribution in [0.4, 0.5) is 0 Å². The third-order valence-corrected chi connectivity index (χ3v) is 6.78. The third kappa shape index (κ3) is 4.69. The third-order valence-electron chi connectivity index (χ3n) is 5.03. The number of hydrogen-bond acceptors (Lipinski definition) is 4. The molecule has 1 amide bonds. The summed E-state index contributed by atoms with van der Waals surface area (Å²) in [4.78, 5) is 14.9. The predicted octanol–water partition coefficient (Wildman–Crippen LogP) is 3.09. The standard InChI is InChI=1S/C21H25NO4S/c1-3-16-4-6-17(7-5-16)14-22(19-12-13-27(24,25)15-19)21(23)18-8-10-20(26-2)11-9-18/h4-11,19H,3,12-15H2,1-2H3/t19-/m1/s1. The van der Waals surface area contributed by atoms with E-state index in [1.807, 2.05) is 12.1 Å². The van der Waals surface area contributed by atoms with E-state index in [2.05, 4.69) is 19.1 Å². The van der Waals surface area contributed by atoms with Crippen molar-refractivity contribution in [3.05, 3.63) is 65.2 Å². The molecule has 0 spiro atoms.